The maximum atomic E-state index is 13.2. The molecule has 0 unspecified atom stereocenters. The van der Waals surface area contributed by atoms with Crippen LogP contribution in [-0.2, 0) is 10.2 Å². The van der Waals surface area contributed by atoms with Gasteiger partial charge in [-0.15, -0.1) is 11.3 Å². The van der Waals surface area contributed by atoms with E-state index in [4.69, 9.17) is 0 Å². The summed E-state index contributed by atoms with van der Waals surface area (Å²) in [6, 6.07) is 16.4. The molecule has 5 rings (SSSR count). The van der Waals surface area contributed by atoms with Gasteiger partial charge in [-0.1, -0.05) is 60.6 Å². The van der Waals surface area contributed by atoms with Crippen LogP contribution in [0.25, 0.3) is 21.3 Å². The van der Waals surface area contributed by atoms with Gasteiger partial charge in [0.1, 0.15) is 10.6 Å². The van der Waals surface area contributed by atoms with Crippen LogP contribution >= 0.6 is 23.1 Å². The van der Waals surface area contributed by atoms with Crippen LogP contribution in [0, 0.1) is 5.82 Å². The number of fused-ring (bicyclic) bond motifs is 1. The zero-order valence-corrected chi connectivity index (χ0v) is 19.4. The lowest BCUT2D eigenvalue weighted by Gasteiger charge is -2.42. The van der Waals surface area contributed by atoms with Gasteiger partial charge in [0.25, 0.3) is 5.56 Å². The topological polar surface area (TPSA) is 74.8 Å². The van der Waals surface area contributed by atoms with Crippen LogP contribution < -0.4 is 10.9 Å². The van der Waals surface area contributed by atoms with Crippen molar-refractivity contribution in [3.05, 3.63) is 81.7 Å². The first-order chi connectivity index (χ1) is 16.0. The van der Waals surface area contributed by atoms with Crippen LogP contribution in [0.2, 0.25) is 0 Å². The summed E-state index contributed by atoms with van der Waals surface area (Å²) < 4.78 is 13.2. The molecule has 2 aromatic carbocycles. The lowest BCUT2D eigenvalue weighted by Crippen LogP contribution is -2.46. The van der Waals surface area contributed by atoms with Crippen molar-refractivity contribution < 1.29 is 9.18 Å². The Bertz CT molecular complexity index is 1350. The Labute approximate surface area is 198 Å². The molecule has 2 N–H and O–H groups in total. The molecule has 1 saturated carbocycles. The summed E-state index contributed by atoms with van der Waals surface area (Å²) in [6.45, 7) is 0.616. The average molecular weight is 480 g/mol. The van der Waals surface area contributed by atoms with Gasteiger partial charge in [0.15, 0.2) is 5.16 Å². The first kappa shape index (κ1) is 21.9. The molecule has 1 fully saturated rings. The highest BCUT2D eigenvalue weighted by molar-refractivity contribution is 7.99. The Hall–Kier alpha value is -2.97. The number of rotatable bonds is 7. The Morgan fingerprint density at radius 1 is 1.15 bits per heavy atom. The van der Waals surface area contributed by atoms with Gasteiger partial charge in [0, 0.05) is 22.9 Å². The summed E-state index contributed by atoms with van der Waals surface area (Å²) in [5.74, 6) is -0.229. The summed E-state index contributed by atoms with van der Waals surface area (Å²) >= 11 is 2.57. The minimum absolute atomic E-state index is 0.0286. The Morgan fingerprint density at radius 2 is 1.91 bits per heavy atom. The second-order valence-corrected chi connectivity index (χ2v) is 10.1. The van der Waals surface area contributed by atoms with Gasteiger partial charge >= 0.3 is 0 Å². The number of benzene rings is 2. The summed E-state index contributed by atoms with van der Waals surface area (Å²) in [6.07, 6.45) is 3.32. The number of thioether (sulfide) groups is 1. The molecule has 2 aromatic heterocycles. The first-order valence-corrected chi connectivity index (χ1v) is 12.6. The normalized spacial score (nSPS) is 14.7. The second kappa shape index (κ2) is 9.11. The smallest absolute Gasteiger partial charge is 0.260 e. The summed E-state index contributed by atoms with van der Waals surface area (Å²) in [5, 5.41) is 5.81. The maximum Gasteiger partial charge on any atom is 0.260 e. The molecule has 0 spiro atoms. The van der Waals surface area contributed by atoms with Crippen LogP contribution in [0.4, 0.5) is 4.39 Å². The molecular formula is C25H22FN3O2S2. The lowest BCUT2D eigenvalue weighted by molar-refractivity contribution is -0.119. The third-order valence-electron chi connectivity index (χ3n) is 6.24. The molecule has 5 nitrogen and oxygen atoms in total. The van der Waals surface area contributed by atoms with Gasteiger partial charge in [0.05, 0.1) is 11.1 Å². The zero-order chi connectivity index (χ0) is 22.8. The van der Waals surface area contributed by atoms with E-state index in [0.717, 1.165) is 24.0 Å². The molecule has 1 aliphatic rings. The van der Waals surface area contributed by atoms with Gasteiger partial charge in [-0.3, -0.25) is 9.59 Å². The van der Waals surface area contributed by atoms with E-state index in [-0.39, 0.29) is 28.5 Å². The molecule has 0 bridgehead atoms. The first-order valence-electron chi connectivity index (χ1n) is 10.8. The fraction of sp³-hybridized carbons (Fsp3) is 0.240. The summed E-state index contributed by atoms with van der Waals surface area (Å²) in [7, 11) is 0. The van der Waals surface area contributed by atoms with Gasteiger partial charge < -0.3 is 10.3 Å². The summed E-state index contributed by atoms with van der Waals surface area (Å²) in [5.41, 5.74) is 2.53. The Kier molecular flexibility index (Phi) is 6.03. The number of carbonyl (C=O) groups excluding carboxylic acids is 1. The van der Waals surface area contributed by atoms with Gasteiger partial charge in [0.2, 0.25) is 5.91 Å². The minimum Gasteiger partial charge on any atom is -0.354 e. The van der Waals surface area contributed by atoms with Crippen LogP contribution in [0.1, 0.15) is 24.8 Å². The predicted octanol–water partition coefficient (Wildman–Crippen LogP) is 5.12. The quantitative estimate of drug-likeness (QED) is 0.285. The predicted molar refractivity (Wildman–Crippen MR) is 131 cm³/mol. The van der Waals surface area contributed by atoms with E-state index < -0.39 is 0 Å². The summed E-state index contributed by atoms with van der Waals surface area (Å²) in [4.78, 5) is 33.2. The molecule has 0 aliphatic heterocycles. The fourth-order valence-corrected chi connectivity index (χ4v) is 5.95. The third-order valence-corrected chi connectivity index (χ3v) is 7.98. The van der Waals surface area contributed by atoms with Crippen molar-refractivity contribution in [3.8, 4) is 11.1 Å². The van der Waals surface area contributed by atoms with E-state index in [0.29, 0.717) is 21.9 Å². The molecule has 4 aromatic rings. The van der Waals surface area contributed by atoms with E-state index in [1.165, 1.54) is 47.2 Å². The van der Waals surface area contributed by atoms with Crippen molar-refractivity contribution in [2.45, 2.75) is 29.8 Å². The number of hydrogen-bond donors (Lipinski definition) is 2. The molecule has 0 radical (unpaired) electrons. The van der Waals surface area contributed by atoms with Crippen LogP contribution in [0.5, 0.6) is 0 Å². The van der Waals surface area contributed by atoms with E-state index in [9.17, 15) is 14.0 Å². The molecule has 1 aliphatic carbocycles. The lowest BCUT2D eigenvalue weighted by atomic mass is 9.64. The molecule has 2 heterocycles. The van der Waals surface area contributed by atoms with Crippen molar-refractivity contribution in [3.63, 3.8) is 0 Å². The molecule has 0 saturated heterocycles. The van der Waals surface area contributed by atoms with Crippen molar-refractivity contribution in [1.29, 1.82) is 0 Å². The van der Waals surface area contributed by atoms with Gasteiger partial charge in [-0.05, 0) is 36.1 Å². The average Bonchev–Trinajstić information content (AvgIpc) is 3.23. The highest BCUT2D eigenvalue weighted by atomic mass is 32.2. The maximum absolute atomic E-state index is 13.2. The van der Waals surface area contributed by atoms with Crippen LogP contribution in [-0.4, -0.2) is 28.2 Å². The third kappa shape index (κ3) is 4.45. The van der Waals surface area contributed by atoms with E-state index in [1.54, 1.807) is 12.1 Å². The van der Waals surface area contributed by atoms with E-state index in [2.05, 4.69) is 27.4 Å². The number of nitrogens with zero attached hydrogens (tertiary/aromatic N) is 1. The van der Waals surface area contributed by atoms with Crippen molar-refractivity contribution in [2.24, 2.45) is 0 Å². The molecule has 8 heteroatoms. The van der Waals surface area contributed by atoms with Crippen molar-refractivity contribution in [2.75, 3.05) is 12.3 Å². The van der Waals surface area contributed by atoms with Crippen molar-refractivity contribution >= 4 is 39.2 Å². The van der Waals surface area contributed by atoms with Crippen molar-refractivity contribution in [1.82, 2.24) is 15.3 Å². The monoisotopic (exact) mass is 479 g/mol. The number of hydrogen-bond acceptors (Lipinski definition) is 5. The Balaban J connectivity index is 1.25. The Morgan fingerprint density at radius 3 is 2.61 bits per heavy atom. The van der Waals surface area contributed by atoms with E-state index >= 15 is 0 Å². The number of carbonyl (C=O) groups is 1. The number of H-pyrrole nitrogens is 1. The SMILES string of the molecule is O=C(CSc1nc2scc(-c3ccc(F)cc3)c2c(=O)[nH]1)NCC1(c2ccccc2)CCC1. The standard InChI is InChI=1S/C25H22FN3O2S2/c26-18-9-7-16(8-10-18)19-13-32-23-21(19)22(31)28-24(29-23)33-14-20(30)27-15-25(11-4-12-25)17-5-2-1-3-6-17/h1-3,5-10,13H,4,11-12,14-15H2,(H,27,30)(H,28,29,31). The molecular weight excluding hydrogens is 457 g/mol. The van der Waals surface area contributed by atoms with Gasteiger partial charge in [-0.25, -0.2) is 9.37 Å². The second-order valence-electron chi connectivity index (χ2n) is 8.27. The minimum atomic E-state index is -0.325. The molecule has 33 heavy (non-hydrogen) atoms. The molecule has 0 atom stereocenters. The largest absolute Gasteiger partial charge is 0.354 e. The number of aromatic amines is 1. The van der Waals surface area contributed by atoms with Crippen LogP contribution in [0.15, 0.2) is 69.9 Å². The molecule has 1 amide bonds. The van der Waals surface area contributed by atoms with Crippen LogP contribution in [0.3, 0.4) is 0 Å². The fourth-order valence-electron chi connectivity index (χ4n) is 4.25. The number of nitrogens with one attached hydrogen (secondary N) is 2. The number of halogens is 1. The number of amides is 1. The molecule has 168 valence electrons. The van der Waals surface area contributed by atoms with Gasteiger partial charge in [-0.2, -0.15) is 0 Å². The number of aromatic nitrogens is 2. The highest BCUT2D eigenvalue weighted by Crippen LogP contribution is 2.43. The van der Waals surface area contributed by atoms with E-state index in [1.807, 2.05) is 23.6 Å². The zero-order valence-electron chi connectivity index (χ0n) is 17.8. The number of thiophene rings is 1. The highest BCUT2D eigenvalue weighted by Gasteiger charge is 2.38.